The van der Waals surface area contributed by atoms with Gasteiger partial charge in [0.2, 0.25) is 0 Å². The maximum atomic E-state index is 13.2. The summed E-state index contributed by atoms with van der Waals surface area (Å²) in [4.78, 5) is 41.6. The van der Waals surface area contributed by atoms with Gasteiger partial charge < -0.3 is 20.3 Å². The molecule has 1 saturated heterocycles. The van der Waals surface area contributed by atoms with Crippen LogP contribution in [0.5, 0.6) is 5.75 Å². The van der Waals surface area contributed by atoms with Crippen LogP contribution in [0.25, 0.3) is 0 Å². The molecule has 0 bridgehead atoms. The van der Waals surface area contributed by atoms with E-state index in [9.17, 15) is 14.4 Å². The molecule has 4 rings (SSSR count). The van der Waals surface area contributed by atoms with Crippen LogP contribution in [0.2, 0.25) is 0 Å². The summed E-state index contributed by atoms with van der Waals surface area (Å²) in [5.74, 6) is -0.000953. The highest BCUT2D eigenvalue weighted by Gasteiger charge is 2.49. The van der Waals surface area contributed by atoms with Crippen LogP contribution in [0, 0.1) is 6.92 Å². The van der Waals surface area contributed by atoms with E-state index >= 15 is 0 Å². The van der Waals surface area contributed by atoms with Crippen molar-refractivity contribution in [2.45, 2.75) is 25.6 Å². The number of fused-ring (bicyclic) bond motifs is 1. The normalized spacial score (nSPS) is 20.2. The van der Waals surface area contributed by atoms with Crippen molar-refractivity contribution in [3.8, 4) is 5.75 Å². The maximum Gasteiger partial charge on any atom is 0.329 e. The largest absolute Gasteiger partial charge is 0.497 e. The molecule has 0 radical (unpaired) electrons. The van der Waals surface area contributed by atoms with Gasteiger partial charge in [-0.1, -0.05) is 29.8 Å². The van der Waals surface area contributed by atoms with Crippen LogP contribution in [0.3, 0.4) is 0 Å². The highest BCUT2D eigenvalue weighted by atomic mass is 16.5. The predicted molar refractivity (Wildman–Crippen MR) is 115 cm³/mol. The molecule has 2 heterocycles. The third-order valence-electron chi connectivity index (χ3n) is 5.53. The molecule has 160 valence electrons. The van der Waals surface area contributed by atoms with Gasteiger partial charge in [-0.2, -0.15) is 0 Å². The summed E-state index contributed by atoms with van der Waals surface area (Å²) in [6, 6.07) is 12.6. The van der Waals surface area contributed by atoms with E-state index < -0.39 is 18.1 Å². The van der Waals surface area contributed by atoms with Crippen LogP contribution in [0.15, 0.2) is 60.3 Å². The van der Waals surface area contributed by atoms with Gasteiger partial charge in [0, 0.05) is 19.8 Å². The molecule has 4 amide bonds. The van der Waals surface area contributed by atoms with E-state index in [4.69, 9.17) is 4.74 Å². The van der Waals surface area contributed by atoms with E-state index in [-0.39, 0.29) is 11.8 Å². The third-order valence-corrected chi connectivity index (χ3v) is 5.53. The topological polar surface area (TPSA) is 91.0 Å². The molecule has 2 N–H and O–H groups in total. The van der Waals surface area contributed by atoms with E-state index in [1.807, 2.05) is 43.3 Å². The predicted octanol–water partition coefficient (Wildman–Crippen LogP) is 1.94. The van der Waals surface area contributed by atoms with Gasteiger partial charge in [0.25, 0.3) is 11.8 Å². The molecule has 2 aromatic carbocycles. The number of likely N-dealkylation sites (N-methyl/N-ethyl adjacent to an activating group) is 1. The Labute approximate surface area is 180 Å². The number of amides is 4. The zero-order chi connectivity index (χ0) is 22.1. The van der Waals surface area contributed by atoms with Gasteiger partial charge in [0.15, 0.2) is 0 Å². The lowest BCUT2D eigenvalue weighted by Gasteiger charge is -2.37. The number of hydrogen-bond acceptors (Lipinski definition) is 5. The van der Waals surface area contributed by atoms with Crippen molar-refractivity contribution in [3.63, 3.8) is 0 Å². The molecule has 0 aromatic heterocycles. The van der Waals surface area contributed by atoms with Gasteiger partial charge in [-0.05, 0) is 36.8 Å². The number of carbonyl (C=O) groups is 3. The number of rotatable bonds is 5. The second-order valence-corrected chi connectivity index (χ2v) is 7.67. The van der Waals surface area contributed by atoms with Gasteiger partial charge in [-0.25, -0.2) is 9.69 Å². The lowest BCUT2D eigenvalue weighted by Crippen LogP contribution is -2.65. The molecule has 2 aliphatic rings. The van der Waals surface area contributed by atoms with Gasteiger partial charge in [-0.15, -0.1) is 0 Å². The summed E-state index contributed by atoms with van der Waals surface area (Å²) < 4.78 is 5.20. The summed E-state index contributed by atoms with van der Waals surface area (Å²) >= 11 is 0. The van der Waals surface area contributed by atoms with E-state index in [2.05, 4.69) is 10.6 Å². The van der Waals surface area contributed by atoms with Crippen molar-refractivity contribution >= 4 is 23.5 Å². The Morgan fingerprint density at radius 1 is 1.16 bits per heavy atom. The molecule has 2 aromatic rings. The molecule has 1 fully saturated rings. The van der Waals surface area contributed by atoms with Gasteiger partial charge in [-0.3, -0.25) is 9.59 Å². The fourth-order valence-electron chi connectivity index (χ4n) is 3.89. The monoisotopic (exact) mass is 420 g/mol. The van der Waals surface area contributed by atoms with Crippen molar-refractivity contribution in [2.24, 2.45) is 0 Å². The minimum atomic E-state index is -0.711. The van der Waals surface area contributed by atoms with E-state index in [0.717, 1.165) is 16.0 Å². The summed E-state index contributed by atoms with van der Waals surface area (Å²) in [6.07, 6.45) is 1.62. The Balaban J connectivity index is 1.49. The number of anilines is 1. The highest BCUT2D eigenvalue weighted by Crippen LogP contribution is 2.29. The van der Waals surface area contributed by atoms with Crippen LogP contribution < -0.4 is 20.3 Å². The zero-order valence-electron chi connectivity index (χ0n) is 17.6. The van der Waals surface area contributed by atoms with Crippen molar-refractivity contribution in [1.82, 2.24) is 15.5 Å². The zero-order valence-corrected chi connectivity index (χ0v) is 17.6. The van der Waals surface area contributed by atoms with E-state index in [1.54, 1.807) is 37.4 Å². The fourth-order valence-corrected chi connectivity index (χ4v) is 3.89. The van der Waals surface area contributed by atoms with Crippen molar-refractivity contribution < 1.29 is 19.1 Å². The van der Waals surface area contributed by atoms with Crippen molar-refractivity contribution in [2.75, 3.05) is 19.1 Å². The Bertz CT molecular complexity index is 1060. The lowest BCUT2D eigenvalue weighted by atomic mass is 9.99. The van der Waals surface area contributed by atoms with Crippen LogP contribution in [0.4, 0.5) is 10.5 Å². The molecule has 0 aliphatic carbocycles. The number of carbonyl (C=O) groups excluding carboxylic acids is 3. The SMILES string of the molecule is COc1cccc(CNC(=O)C2=CN(C)C3C(=O)N(c4ccc(C)cc4)C(=O)NC23)c1. The smallest absolute Gasteiger partial charge is 0.329 e. The first-order valence-corrected chi connectivity index (χ1v) is 9.95. The molecular formula is C23H24N4O4. The first-order chi connectivity index (χ1) is 14.9. The Morgan fingerprint density at radius 2 is 1.90 bits per heavy atom. The van der Waals surface area contributed by atoms with E-state index in [0.29, 0.717) is 23.6 Å². The van der Waals surface area contributed by atoms with Crippen LogP contribution in [0.1, 0.15) is 11.1 Å². The minimum absolute atomic E-state index is 0.297. The number of methoxy groups -OCH3 is 1. The molecule has 0 spiro atoms. The number of benzene rings is 2. The second-order valence-electron chi connectivity index (χ2n) is 7.67. The molecule has 8 heteroatoms. The van der Waals surface area contributed by atoms with Gasteiger partial charge >= 0.3 is 6.03 Å². The number of nitrogens with zero attached hydrogens (tertiary/aromatic N) is 2. The van der Waals surface area contributed by atoms with Gasteiger partial charge in [0.05, 0.1) is 24.4 Å². The van der Waals surface area contributed by atoms with Crippen LogP contribution in [-0.4, -0.2) is 49.0 Å². The Hall–Kier alpha value is -3.81. The molecule has 8 nitrogen and oxygen atoms in total. The molecule has 2 unspecified atom stereocenters. The summed E-state index contributed by atoms with van der Waals surface area (Å²) in [7, 11) is 3.31. The molecule has 0 saturated carbocycles. The number of imide groups is 1. The molecule has 31 heavy (non-hydrogen) atoms. The average Bonchev–Trinajstić information content (AvgIpc) is 3.09. The molecule has 2 aliphatic heterocycles. The average molecular weight is 420 g/mol. The minimum Gasteiger partial charge on any atom is -0.497 e. The standard InChI is InChI=1S/C23H24N4O4/c1-14-7-9-16(10-8-14)27-22(29)20-19(25-23(27)30)18(13-26(20)2)21(28)24-12-15-5-4-6-17(11-15)31-3/h4-11,13,19-20H,12H2,1-3H3,(H,24,28)(H,25,30). The van der Waals surface area contributed by atoms with Gasteiger partial charge in [0.1, 0.15) is 11.8 Å². The maximum absolute atomic E-state index is 13.2. The lowest BCUT2D eigenvalue weighted by molar-refractivity contribution is -0.122. The van der Waals surface area contributed by atoms with Crippen molar-refractivity contribution in [1.29, 1.82) is 0 Å². The Morgan fingerprint density at radius 3 is 2.61 bits per heavy atom. The number of ether oxygens (including phenoxy) is 1. The van der Waals surface area contributed by atoms with Crippen molar-refractivity contribution in [3.05, 3.63) is 71.4 Å². The number of nitrogens with one attached hydrogen (secondary N) is 2. The van der Waals surface area contributed by atoms with E-state index in [1.165, 1.54) is 0 Å². The third kappa shape index (κ3) is 3.84. The summed E-state index contributed by atoms with van der Waals surface area (Å²) in [6.45, 7) is 2.23. The summed E-state index contributed by atoms with van der Waals surface area (Å²) in [5.41, 5.74) is 2.75. The Kier molecular flexibility index (Phi) is 5.37. The first-order valence-electron chi connectivity index (χ1n) is 9.95. The van der Waals surface area contributed by atoms with Crippen LogP contribution >= 0.6 is 0 Å². The molecule has 2 atom stereocenters. The second kappa shape index (κ2) is 8.14. The van der Waals surface area contributed by atoms with Crippen LogP contribution in [-0.2, 0) is 16.1 Å². The number of aryl methyl sites for hydroxylation is 1. The molecular weight excluding hydrogens is 396 g/mol. The fraction of sp³-hybridized carbons (Fsp3) is 0.261. The number of hydrogen-bond donors (Lipinski definition) is 2. The quantitative estimate of drug-likeness (QED) is 0.772. The highest BCUT2D eigenvalue weighted by molar-refractivity contribution is 6.19. The number of urea groups is 1. The first kappa shape index (κ1) is 20.5. The summed E-state index contributed by atoms with van der Waals surface area (Å²) in [5, 5.41) is 5.68.